The normalized spacial score (nSPS) is 22.9. The summed E-state index contributed by atoms with van der Waals surface area (Å²) in [6.07, 6.45) is 6.24. The lowest BCUT2D eigenvalue weighted by Gasteiger charge is -2.40. The quantitative estimate of drug-likeness (QED) is 0.339. The van der Waals surface area contributed by atoms with Crippen LogP contribution in [0.5, 0.6) is 0 Å². The van der Waals surface area contributed by atoms with E-state index in [1.54, 1.807) is 24.7 Å². The minimum atomic E-state index is -1.70. The molecule has 0 bridgehead atoms. The number of anilines is 3. The minimum Gasteiger partial charge on any atom is -0.391 e. The van der Waals surface area contributed by atoms with E-state index in [1.807, 2.05) is 13.0 Å². The second-order valence-corrected chi connectivity index (χ2v) is 10.7. The topological polar surface area (TPSA) is 105 Å². The first-order chi connectivity index (χ1) is 18.7. The van der Waals surface area contributed by atoms with Crippen molar-refractivity contribution in [1.82, 2.24) is 19.6 Å². The molecular weight excluding hydrogens is 507 g/mol. The number of aliphatic hydroxyl groups excluding tert-OH is 1. The van der Waals surface area contributed by atoms with Gasteiger partial charge in [0.25, 0.3) is 0 Å². The van der Waals surface area contributed by atoms with Gasteiger partial charge in [0.2, 0.25) is 5.95 Å². The Morgan fingerprint density at radius 2 is 1.82 bits per heavy atom. The Labute approximate surface area is 223 Å². The van der Waals surface area contributed by atoms with Crippen molar-refractivity contribution < 1.29 is 18.3 Å². The van der Waals surface area contributed by atoms with E-state index >= 15 is 13.2 Å². The van der Waals surface area contributed by atoms with Crippen LogP contribution in [0.4, 0.5) is 30.5 Å². The third kappa shape index (κ3) is 4.59. The second kappa shape index (κ2) is 9.80. The Balaban J connectivity index is 1.33. The number of hydrogen-bond acceptors (Lipinski definition) is 7. The van der Waals surface area contributed by atoms with Gasteiger partial charge in [-0.15, -0.1) is 0 Å². The van der Waals surface area contributed by atoms with Crippen molar-refractivity contribution in [3.05, 3.63) is 66.1 Å². The molecular formula is C28H30F3N7O. The number of pyridine rings is 1. The number of piperidine rings is 1. The Morgan fingerprint density at radius 3 is 2.54 bits per heavy atom. The minimum absolute atomic E-state index is 0.0247. The maximum atomic E-state index is 15.2. The molecule has 4 aromatic rings. The maximum absolute atomic E-state index is 15.2. The fourth-order valence-electron chi connectivity index (χ4n) is 5.79. The molecule has 39 heavy (non-hydrogen) atoms. The van der Waals surface area contributed by atoms with Crippen LogP contribution in [-0.4, -0.2) is 49.9 Å². The highest BCUT2D eigenvalue weighted by molar-refractivity contribution is 5.74. The molecule has 1 saturated heterocycles. The Kier molecular flexibility index (Phi) is 6.43. The summed E-state index contributed by atoms with van der Waals surface area (Å²) in [5.41, 5.74) is 6.31. The zero-order valence-corrected chi connectivity index (χ0v) is 21.5. The van der Waals surface area contributed by atoms with E-state index in [0.29, 0.717) is 43.1 Å². The van der Waals surface area contributed by atoms with Gasteiger partial charge in [-0.05, 0) is 61.6 Å². The number of hydrogen-bond donors (Lipinski definition) is 3. The second-order valence-electron chi connectivity index (χ2n) is 10.7. The van der Waals surface area contributed by atoms with E-state index in [2.05, 4.69) is 25.3 Å². The van der Waals surface area contributed by atoms with E-state index in [-0.39, 0.29) is 35.6 Å². The van der Waals surface area contributed by atoms with Gasteiger partial charge in [0.15, 0.2) is 0 Å². The van der Waals surface area contributed by atoms with E-state index in [1.165, 1.54) is 10.6 Å². The number of alkyl halides is 1. The smallest absolute Gasteiger partial charge is 0.229 e. The van der Waals surface area contributed by atoms with Crippen molar-refractivity contribution >= 4 is 22.8 Å². The lowest BCUT2D eigenvalue weighted by Crippen LogP contribution is -2.55. The molecule has 1 aliphatic carbocycles. The summed E-state index contributed by atoms with van der Waals surface area (Å²) >= 11 is 0. The molecule has 6 rings (SSSR count). The van der Waals surface area contributed by atoms with Crippen LogP contribution < -0.4 is 16.0 Å². The average molecular weight is 538 g/mol. The van der Waals surface area contributed by atoms with Crippen molar-refractivity contribution in [2.75, 3.05) is 23.3 Å². The number of aliphatic hydroxyl groups is 1. The first-order valence-electron chi connectivity index (χ1n) is 13.2. The molecule has 0 spiro atoms. The summed E-state index contributed by atoms with van der Waals surface area (Å²) < 4.78 is 47.1. The van der Waals surface area contributed by atoms with Gasteiger partial charge in [-0.3, -0.25) is 4.98 Å². The van der Waals surface area contributed by atoms with Crippen molar-refractivity contribution in [2.24, 2.45) is 11.7 Å². The summed E-state index contributed by atoms with van der Waals surface area (Å²) in [5, 5.41) is 18.0. The molecule has 4 N–H and O–H groups in total. The number of rotatable bonds is 5. The fourth-order valence-corrected chi connectivity index (χ4v) is 5.79. The monoisotopic (exact) mass is 537 g/mol. The predicted octanol–water partition coefficient (Wildman–Crippen LogP) is 4.70. The van der Waals surface area contributed by atoms with Crippen LogP contribution in [0.3, 0.4) is 0 Å². The number of halogens is 3. The van der Waals surface area contributed by atoms with Crippen LogP contribution in [0.2, 0.25) is 0 Å². The number of fused-ring (bicyclic) bond motifs is 1. The van der Waals surface area contributed by atoms with Gasteiger partial charge in [-0.2, -0.15) is 9.61 Å². The van der Waals surface area contributed by atoms with Gasteiger partial charge in [0.05, 0.1) is 46.6 Å². The van der Waals surface area contributed by atoms with Crippen LogP contribution in [0.15, 0.2) is 48.9 Å². The first kappa shape index (κ1) is 25.6. The van der Waals surface area contributed by atoms with E-state index in [9.17, 15) is 5.11 Å². The molecule has 2 aliphatic rings. The highest BCUT2D eigenvalue weighted by Gasteiger charge is 2.37. The Bertz CT molecular complexity index is 1490. The number of aromatic nitrogens is 4. The summed E-state index contributed by atoms with van der Waals surface area (Å²) in [4.78, 5) is 10.7. The summed E-state index contributed by atoms with van der Waals surface area (Å²) in [6, 6.07) is 6.81. The van der Waals surface area contributed by atoms with Crippen molar-refractivity contribution in [3.63, 3.8) is 0 Å². The third-order valence-electron chi connectivity index (χ3n) is 7.94. The molecule has 0 radical (unpaired) electrons. The predicted molar refractivity (Wildman–Crippen MR) is 142 cm³/mol. The number of nitrogens with one attached hydrogen (secondary N) is 1. The molecule has 1 saturated carbocycles. The fraction of sp³-hybridized carbons (Fsp3) is 0.393. The zero-order chi connectivity index (χ0) is 27.3. The van der Waals surface area contributed by atoms with Gasteiger partial charge in [0.1, 0.15) is 17.3 Å². The maximum Gasteiger partial charge on any atom is 0.229 e. The molecule has 204 valence electrons. The first-order valence-corrected chi connectivity index (χ1v) is 13.2. The molecule has 0 amide bonds. The van der Waals surface area contributed by atoms with Crippen molar-refractivity contribution in [3.8, 4) is 11.3 Å². The van der Waals surface area contributed by atoms with Crippen LogP contribution in [0, 0.1) is 17.6 Å². The molecule has 1 aliphatic heterocycles. The molecule has 4 heterocycles. The molecule has 3 aromatic heterocycles. The third-order valence-corrected chi connectivity index (χ3v) is 7.94. The van der Waals surface area contributed by atoms with E-state index in [4.69, 9.17) is 5.73 Å². The van der Waals surface area contributed by atoms with Crippen LogP contribution in [0.25, 0.3) is 16.8 Å². The molecule has 1 aromatic carbocycles. The zero-order valence-electron chi connectivity index (χ0n) is 21.5. The molecule has 3 atom stereocenters. The summed E-state index contributed by atoms with van der Waals surface area (Å²) in [7, 11) is 0. The number of nitrogens with two attached hydrogens (primary N) is 1. The molecule has 2 fully saturated rings. The average Bonchev–Trinajstić information content (AvgIpc) is 3.54. The summed E-state index contributed by atoms with van der Waals surface area (Å²) in [5.74, 6) is -1.42. The Hall–Kier alpha value is -3.70. The SMILES string of the molecule is CC1CN(c2ccncc2Nc2ncc3ccc(-c4c(F)cc(C5(F)CCCC5)cc4F)nn23)CC(N)C1O. The van der Waals surface area contributed by atoms with Gasteiger partial charge in [0, 0.05) is 31.2 Å². The lowest BCUT2D eigenvalue weighted by atomic mass is 9.92. The highest BCUT2D eigenvalue weighted by Crippen LogP contribution is 2.44. The van der Waals surface area contributed by atoms with Crippen LogP contribution in [-0.2, 0) is 5.67 Å². The Morgan fingerprint density at radius 1 is 1.08 bits per heavy atom. The molecule has 8 nitrogen and oxygen atoms in total. The highest BCUT2D eigenvalue weighted by atomic mass is 19.1. The van der Waals surface area contributed by atoms with Gasteiger partial charge >= 0.3 is 0 Å². The van der Waals surface area contributed by atoms with Crippen LogP contribution in [0.1, 0.15) is 38.2 Å². The largest absolute Gasteiger partial charge is 0.391 e. The van der Waals surface area contributed by atoms with Gasteiger partial charge in [-0.1, -0.05) is 6.92 Å². The van der Waals surface area contributed by atoms with Crippen molar-refractivity contribution in [2.45, 2.75) is 50.4 Å². The number of imidazole rings is 1. The van der Waals surface area contributed by atoms with Gasteiger partial charge < -0.3 is 21.1 Å². The number of nitrogens with zero attached hydrogens (tertiary/aromatic N) is 5. The number of benzene rings is 1. The van der Waals surface area contributed by atoms with Crippen molar-refractivity contribution in [1.29, 1.82) is 0 Å². The molecule has 11 heteroatoms. The standard InChI is InChI=1S/C28H30F3N7O/c1-16-14-37(15-21(32)26(16)39)24-6-9-33-13-23(24)35-27-34-12-18-4-5-22(36-38(18)27)25-19(29)10-17(11-20(25)30)28(31)7-2-3-8-28/h4-6,9-13,16,21,26,39H,2-3,7-8,14-15,32H2,1H3,(H,34,35). The lowest BCUT2D eigenvalue weighted by molar-refractivity contribution is 0.0785. The summed E-state index contributed by atoms with van der Waals surface area (Å²) in [6.45, 7) is 3.02. The van der Waals surface area contributed by atoms with E-state index in [0.717, 1.165) is 17.8 Å². The van der Waals surface area contributed by atoms with Gasteiger partial charge in [-0.25, -0.2) is 18.2 Å². The molecule has 3 unspecified atom stereocenters. The van der Waals surface area contributed by atoms with E-state index < -0.39 is 29.4 Å². The van der Waals surface area contributed by atoms with Crippen LogP contribution >= 0.6 is 0 Å².